The van der Waals surface area contributed by atoms with E-state index in [1.54, 1.807) is 30.3 Å². The van der Waals surface area contributed by atoms with Gasteiger partial charge in [0.2, 0.25) is 11.8 Å². The molecule has 0 aromatic heterocycles. The number of hydrogen-bond acceptors (Lipinski definition) is 5. The number of nitrogens with two attached hydrogens (primary N) is 1. The van der Waals surface area contributed by atoms with Crippen molar-refractivity contribution in [2.45, 2.75) is 26.8 Å². The van der Waals surface area contributed by atoms with Crippen molar-refractivity contribution in [1.82, 2.24) is 0 Å². The van der Waals surface area contributed by atoms with E-state index in [0.717, 1.165) is 17.7 Å². The Morgan fingerprint density at radius 1 is 1.28 bits per heavy atom. The molecule has 1 unspecified atom stereocenters. The van der Waals surface area contributed by atoms with Crippen molar-refractivity contribution in [3.63, 3.8) is 0 Å². The number of nitro benzene ring substituents is 1. The summed E-state index contributed by atoms with van der Waals surface area (Å²) in [4.78, 5) is 36.9. The van der Waals surface area contributed by atoms with Gasteiger partial charge in [-0.2, -0.15) is 0 Å². The standard InChI is InChI=1S/C21H24N4O4/c1-13(2)9-16-12-24(11-14-3-6-17(7-4-14)25(28)29)19-8-5-15(20(22)26)10-18(19)23-21(16)27/h3-8,10,13,16H,9,11-12H2,1-2H3,(H2,22,26)(H,23,27). The van der Waals surface area contributed by atoms with E-state index in [-0.39, 0.29) is 17.5 Å². The van der Waals surface area contributed by atoms with Crippen molar-refractivity contribution in [3.05, 3.63) is 63.7 Å². The van der Waals surface area contributed by atoms with Crippen LogP contribution in [-0.4, -0.2) is 23.3 Å². The molecule has 0 fully saturated rings. The molecule has 2 aromatic rings. The first-order valence-electron chi connectivity index (χ1n) is 9.47. The molecule has 1 aliphatic heterocycles. The second-order valence-electron chi connectivity index (χ2n) is 7.72. The van der Waals surface area contributed by atoms with Gasteiger partial charge in [-0.1, -0.05) is 26.0 Å². The highest BCUT2D eigenvalue weighted by atomic mass is 16.6. The second kappa shape index (κ2) is 8.30. The number of nitrogens with one attached hydrogen (secondary N) is 1. The number of nitrogens with zero attached hydrogens (tertiary/aromatic N) is 2. The number of fused-ring (bicyclic) bond motifs is 1. The van der Waals surface area contributed by atoms with Crippen LogP contribution in [0.15, 0.2) is 42.5 Å². The number of primary amides is 1. The maximum Gasteiger partial charge on any atom is 0.269 e. The quantitative estimate of drug-likeness (QED) is 0.573. The summed E-state index contributed by atoms with van der Waals surface area (Å²) in [6.07, 6.45) is 0.721. The van der Waals surface area contributed by atoms with Gasteiger partial charge in [0, 0.05) is 30.8 Å². The predicted octanol–water partition coefficient (Wildman–Crippen LogP) is 3.31. The lowest BCUT2D eigenvalue weighted by atomic mass is 9.96. The molecule has 8 nitrogen and oxygen atoms in total. The van der Waals surface area contributed by atoms with E-state index in [1.165, 1.54) is 12.1 Å². The fourth-order valence-electron chi connectivity index (χ4n) is 3.59. The van der Waals surface area contributed by atoms with E-state index >= 15 is 0 Å². The molecule has 8 heteroatoms. The lowest BCUT2D eigenvalue weighted by Gasteiger charge is -2.27. The SMILES string of the molecule is CC(C)CC1CN(Cc2ccc([N+](=O)[O-])cc2)c2ccc(C(N)=O)cc2NC1=O. The molecule has 2 aromatic carbocycles. The number of anilines is 2. The van der Waals surface area contributed by atoms with Crippen LogP contribution in [0.1, 0.15) is 36.2 Å². The molecule has 0 bridgehead atoms. The Morgan fingerprint density at radius 2 is 1.97 bits per heavy atom. The topological polar surface area (TPSA) is 119 Å². The largest absolute Gasteiger partial charge is 0.366 e. The minimum atomic E-state index is -0.563. The number of non-ortho nitro benzene ring substituents is 1. The van der Waals surface area contributed by atoms with Gasteiger partial charge >= 0.3 is 0 Å². The molecule has 0 saturated carbocycles. The first-order valence-corrected chi connectivity index (χ1v) is 9.47. The number of hydrogen-bond donors (Lipinski definition) is 2. The van der Waals surface area contributed by atoms with Gasteiger partial charge < -0.3 is 16.0 Å². The van der Waals surface area contributed by atoms with E-state index < -0.39 is 10.8 Å². The lowest BCUT2D eigenvalue weighted by Crippen LogP contribution is -2.33. The number of nitro groups is 1. The first kappa shape index (κ1) is 20.3. The van der Waals surface area contributed by atoms with Gasteiger partial charge in [-0.3, -0.25) is 19.7 Å². The maximum absolute atomic E-state index is 12.8. The first-order chi connectivity index (χ1) is 13.7. The van der Waals surface area contributed by atoms with Crippen molar-refractivity contribution in [1.29, 1.82) is 0 Å². The van der Waals surface area contributed by atoms with Crippen LogP contribution in [0.2, 0.25) is 0 Å². The third kappa shape index (κ3) is 4.71. The smallest absolute Gasteiger partial charge is 0.269 e. The fraction of sp³-hybridized carbons (Fsp3) is 0.333. The molecule has 29 heavy (non-hydrogen) atoms. The number of amides is 2. The molecule has 0 aliphatic carbocycles. The van der Waals surface area contributed by atoms with Crippen LogP contribution in [0.3, 0.4) is 0 Å². The number of benzene rings is 2. The molecule has 0 spiro atoms. The molecule has 0 saturated heterocycles. The van der Waals surface area contributed by atoms with Gasteiger partial charge in [-0.05, 0) is 36.1 Å². The van der Waals surface area contributed by atoms with Gasteiger partial charge in [0.15, 0.2) is 0 Å². The Kier molecular flexibility index (Phi) is 5.81. The van der Waals surface area contributed by atoms with E-state index in [1.807, 2.05) is 0 Å². The second-order valence-corrected chi connectivity index (χ2v) is 7.72. The Hall–Kier alpha value is -3.42. The van der Waals surface area contributed by atoms with Crippen molar-refractivity contribution >= 4 is 28.9 Å². The van der Waals surface area contributed by atoms with Crippen molar-refractivity contribution in [3.8, 4) is 0 Å². The summed E-state index contributed by atoms with van der Waals surface area (Å²) >= 11 is 0. The van der Waals surface area contributed by atoms with Crippen molar-refractivity contribution in [2.75, 3.05) is 16.8 Å². The third-order valence-corrected chi connectivity index (χ3v) is 4.97. The van der Waals surface area contributed by atoms with Crippen LogP contribution in [0.5, 0.6) is 0 Å². The van der Waals surface area contributed by atoms with Crippen molar-refractivity contribution < 1.29 is 14.5 Å². The normalized spacial score (nSPS) is 16.2. The number of rotatable bonds is 6. The maximum atomic E-state index is 12.8. The highest BCUT2D eigenvalue weighted by Gasteiger charge is 2.29. The van der Waals surface area contributed by atoms with Crippen LogP contribution in [0.4, 0.5) is 17.1 Å². The van der Waals surface area contributed by atoms with Gasteiger partial charge in [-0.25, -0.2) is 0 Å². The average Bonchev–Trinajstić information content (AvgIpc) is 2.78. The van der Waals surface area contributed by atoms with E-state index in [9.17, 15) is 19.7 Å². The van der Waals surface area contributed by atoms with Crippen LogP contribution < -0.4 is 16.0 Å². The Morgan fingerprint density at radius 3 is 2.55 bits per heavy atom. The number of carbonyl (C=O) groups is 2. The molecule has 1 aliphatic rings. The molecular formula is C21H24N4O4. The molecule has 1 atom stereocenters. The van der Waals surface area contributed by atoms with Crippen LogP contribution in [-0.2, 0) is 11.3 Å². The van der Waals surface area contributed by atoms with Crippen LogP contribution >= 0.6 is 0 Å². The Labute approximate surface area is 168 Å². The van der Waals surface area contributed by atoms with Gasteiger partial charge in [0.25, 0.3) is 5.69 Å². The summed E-state index contributed by atoms with van der Waals surface area (Å²) in [7, 11) is 0. The molecule has 152 valence electrons. The summed E-state index contributed by atoms with van der Waals surface area (Å²) in [5.41, 5.74) is 7.96. The Balaban J connectivity index is 1.96. The van der Waals surface area contributed by atoms with E-state index in [2.05, 4.69) is 24.1 Å². The summed E-state index contributed by atoms with van der Waals surface area (Å²) in [6, 6.07) is 11.4. The molecule has 0 radical (unpaired) electrons. The minimum absolute atomic E-state index is 0.0330. The molecular weight excluding hydrogens is 372 g/mol. The molecule has 3 rings (SSSR count). The number of carbonyl (C=O) groups excluding carboxylic acids is 2. The van der Waals surface area contributed by atoms with Crippen molar-refractivity contribution in [2.24, 2.45) is 17.6 Å². The van der Waals surface area contributed by atoms with Crippen LogP contribution in [0, 0.1) is 22.0 Å². The zero-order chi connectivity index (χ0) is 21.1. The van der Waals surface area contributed by atoms with Gasteiger partial charge in [-0.15, -0.1) is 0 Å². The minimum Gasteiger partial charge on any atom is -0.366 e. The molecule has 3 N–H and O–H groups in total. The zero-order valence-corrected chi connectivity index (χ0v) is 16.4. The lowest BCUT2D eigenvalue weighted by molar-refractivity contribution is -0.384. The summed E-state index contributed by atoms with van der Waals surface area (Å²) in [5, 5.41) is 13.8. The van der Waals surface area contributed by atoms with Gasteiger partial charge in [0.05, 0.1) is 22.2 Å². The third-order valence-electron chi connectivity index (χ3n) is 4.97. The van der Waals surface area contributed by atoms with E-state index in [0.29, 0.717) is 30.3 Å². The highest BCUT2D eigenvalue weighted by Crippen LogP contribution is 2.34. The summed E-state index contributed by atoms with van der Waals surface area (Å²) in [6.45, 7) is 5.11. The summed E-state index contributed by atoms with van der Waals surface area (Å²) < 4.78 is 0. The average molecular weight is 396 g/mol. The molecule has 2 amide bonds. The fourth-order valence-corrected chi connectivity index (χ4v) is 3.59. The Bertz CT molecular complexity index is 940. The van der Waals surface area contributed by atoms with E-state index in [4.69, 9.17) is 5.73 Å². The van der Waals surface area contributed by atoms with Crippen LogP contribution in [0.25, 0.3) is 0 Å². The van der Waals surface area contributed by atoms with Gasteiger partial charge in [0.1, 0.15) is 0 Å². The highest BCUT2D eigenvalue weighted by molar-refractivity contribution is 6.01. The predicted molar refractivity (Wildman–Crippen MR) is 111 cm³/mol. The molecule has 1 heterocycles. The monoisotopic (exact) mass is 396 g/mol. The zero-order valence-electron chi connectivity index (χ0n) is 16.4. The summed E-state index contributed by atoms with van der Waals surface area (Å²) in [5.74, 6) is -0.536.